The zero-order chi connectivity index (χ0) is 26.7. The van der Waals surface area contributed by atoms with Gasteiger partial charge in [-0.3, -0.25) is 9.69 Å². The van der Waals surface area contributed by atoms with Crippen molar-refractivity contribution in [1.29, 1.82) is 0 Å². The number of benzene rings is 1. The van der Waals surface area contributed by atoms with Crippen LogP contribution in [0.4, 0.5) is 19.3 Å². The number of aromatic nitrogens is 1. The van der Waals surface area contributed by atoms with Crippen LogP contribution in [0.15, 0.2) is 35.1 Å². The first-order chi connectivity index (χ1) is 17.6. The van der Waals surface area contributed by atoms with Gasteiger partial charge in [-0.05, 0) is 29.3 Å². The minimum absolute atomic E-state index is 0.0150. The summed E-state index contributed by atoms with van der Waals surface area (Å²) in [6.07, 6.45) is 1.13. The van der Waals surface area contributed by atoms with Crippen LogP contribution in [-0.4, -0.2) is 90.8 Å². The number of ether oxygens (including phenoxy) is 2. The van der Waals surface area contributed by atoms with Crippen molar-refractivity contribution in [3.05, 3.63) is 47.7 Å². The number of aliphatic hydroxyl groups excluding tert-OH is 2. The van der Waals surface area contributed by atoms with Gasteiger partial charge in [0.25, 0.3) is 11.8 Å². The summed E-state index contributed by atoms with van der Waals surface area (Å²) in [5.74, 6) is -3.56. The molecular weight excluding hydrogens is 520 g/mol. The van der Waals surface area contributed by atoms with Crippen LogP contribution in [0.25, 0.3) is 5.57 Å². The molecule has 2 aliphatic heterocycles. The number of anilines is 1. The molecule has 2 N–H and O–H groups in total. The van der Waals surface area contributed by atoms with Gasteiger partial charge in [-0.25, -0.2) is 22.0 Å². The molecule has 2 amide bonds. The molecule has 0 spiro atoms. The minimum atomic E-state index is -4.26. The number of aliphatic hydroxyl groups is 2. The minimum Gasteiger partial charge on any atom is -0.471 e. The molecule has 200 valence electrons. The molecule has 2 aliphatic rings. The molecule has 12 nitrogen and oxygen atoms in total. The third-order valence-electron chi connectivity index (χ3n) is 5.81. The summed E-state index contributed by atoms with van der Waals surface area (Å²) < 4.78 is 68.8. The van der Waals surface area contributed by atoms with Crippen LogP contribution in [0.5, 0.6) is 5.88 Å². The zero-order valence-corrected chi connectivity index (χ0v) is 20.1. The van der Waals surface area contributed by atoms with Gasteiger partial charge in [0.1, 0.15) is 24.5 Å². The Kier molecular flexibility index (Phi) is 7.75. The molecular formula is C22H23F2N3O9S. The summed E-state index contributed by atoms with van der Waals surface area (Å²) in [5.41, 5.74) is -2.50. The van der Waals surface area contributed by atoms with E-state index < -0.39 is 57.4 Å². The Balaban J connectivity index is 1.43. The van der Waals surface area contributed by atoms with Crippen molar-refractivity contribution in [2.45, 2.75) is 18.0 Å². The first-order valence-corrected chi connectivity index (χ1v) is 12.8. The maximum absolute atomic E-state index is 15.0. The van der Waals surface area contributed by atoms with Crippen LogP contribution < -0.4 is 9.64 Å². The lowest BCUT2D eigenvalue weighted by Gasteiger charge is -2.28. The Labute approximate surface area is 209 Å². The van der Waals surface area contributed by atoms with E-state index in [1.54, 1.807) is 0 Å². The maximum Gasteiger partial charge on any atom is 0.414 e. The first kappa shape index (κ1) is 26.5. The number of hydrogen-bond acceptors (Lipinski definition) is 10. The Morgan fingerprint density at radius 3 is 2.62 bits per heavy atom. The molecule has 4 rings (SSSR count). The van der Waals surface area contributed by atoms with E-state index in [1.807, 2.05) is 0 Å². The average Bonchev–Trinajstić information content (AvgIpc) is 3.51. The molecule has 0 aliphatic carbocycles. The lowest BCUT2D eigenvalue weighted by atomic mass is 9.97. The normalized spacial score (nSPS) is 19.0. The van der Waals surface area contributed by atoms with Crippen molar-refractivity contribution in [1.82, 2.24) is 10.1 Å². The highest BCUT2D eigenvalue weighted by molar-refractivity contribution is 7.92. The van der Waals surface area contributed by atoms with Crippen molar-refractivity contribution >= 4 is 33.1 Å². The summed E-state index contributed by atoms with van der Waals surface area (Å²) in [6, 6.07) is 3.45. The molecule has 1 saturated heterocycles. The number of rotatable bonds is 9. The number of carbonyl (C=O) groups is 2. The SMILES string of the molecule is O=C(C(O)S(=O)(=O)CCO)N1CC=C(c2c(F)cc(N3C[C@H](COc4ccon4)OC3=O)cc2F)CC1. The number of halogens is 2. The summed E-state index contributed by atoms with van der Waals surface area (Å²) in [5, 5.41) is 22.2. The van der Waals surface area contributed by atoms with E-state index in [-0.39, 0.29) is 55.4 Å². The molecule has 15 heteroatoms. The summed E-state index contributed by atoms with van der Waals surface area (Å²) in [6.45, 7) is -1.10. The second-order valence-electron chi connectivity index (χ2n) is 8.26. The Bertz CT molecular complexity index is 1280. The smallest absolute Gasteiger partial charge is 0.414 e. The molecule has 0 radical (unpaired) electrons. The first-order valence-electron chi connectivity index (χ1n) is 11.1. The van der Waals surface area contributed by atoms with E-state index in [0.29, 0.717) is 0 Å². The fraction of sp³-hybridized carbons (Fsp3) is 0.409. The van der Waals surface area contributed by atoms with Crippen LogP contribution in [0.1, 0.15) is 12.0 Å². The fourth-order valence-electron chi connectivity index (χ4n) is 3.94. The van der Waals surface area contributed by atoms with Gasteiger partial charge in [0.2, 0.25) is 5.44 Å². The predicted octanol–water partition coefficient (Wildman–Crippen LogP) is 0.698. The van der Waals surface area contributed by atoms with Crippen LogP contribution in [-0.2, 0) is 19.4 Å². The topological polar surface area (TPSA) is 160 Å². The van der Waals surface area contributed by atoms with E-state index in [4.69, 9.17) is 14.6 Å². The Hall–Kier alpha value is -3.56. The van der Waals surface area contributed by atoms with Crippen LogP contribution in [0, 0.1) is 11.6 Å². The van der Waals surface area contributed by atoms with Crippen molar-refractivity contribution < 1.29 is 51.0 Å². The second-order valence-corrected chi connectivity index (χ2v) is 10.4. The molecule has 1 aromatic carbocycles. The highest BCUT2D eigenvalue weighted by Crippen LogP contribution is 2.32. The van der Waals surface area contributed by atoms with Crippen LogP contribution in [0.3, 0.4) is 0 Å². The number of nitrogens with zero attached hydrogens (tertiary/aromatic N) is 3. The van der Waals surface area contributed by atoms with Crippen molar-refractivity contribution in [2.24, 2.45) is 0 Å². The molecule has 1 aromatic heterocycles. The number of carbonyl (C=O) groups excluding carboxylic acids is 2. The summed E-state index contributed by atoms with van der Waals surface area (Å²) in [4.78, 5) is 26.7. The number of hydrogen-bond donors (Lipinski definition) is 2. The molecule has 1 fully saturated rings. The van der Waals surface area contributed by atoms with Crippen molar-refractivity contribution in [3.8, 4) is 5.88 Å². The molecule has 2 atom stereocenters. The van der Waals surface area contributed by atoms with E-state index in [2.05, 4.69) is 9.68 Å². The third kappa shape index (κ3) is 5.73. The van der Waals surface area contributed by atoms with Gasteiger partial charge < -0.3 is 29.1 Å². The highest BCUT2D eigenvalue weighted by atomic mass is 32.2. The van der Waals surface area contributed by atoms with E-state index in [0.717, 1.165) is 21.9 Å². The molecule has 0 bridgehead atoms. The standard InChI is InChI=1S/C22H23F2N3O9S/c23-16-9-14(27-11-15(36-22(27)31)12-34-18-3-7-35-25-18)10-17(24)19(16)13-1-4-26(5-2-13)20(29)21(30)37(32,33)8-6-28/h1,3,7,9-10,15,21,28,30H,2,4-6,8,11-12H2/t15-,21?/m1/s1. The van der Waals surface area contributed by atoms with Gasteiger partial charge in [-0.15, -0.1) is 0 Å². The Morgan fingerprint density at radius 2 is 2.03 bits per heavy atom. The highest BCUT2D eigenvalue weighted by Gasteiger charge is 2.36. The van der Waals surface area contributed by atoms with E-state index >= 15 is 8.78 Å². The monoisotopic (exact) mass is 543 g/mol. The molecule has 1 unspecified atom stereocenters. The van der Waals surface area contributed by atoms with Gasteiger partial charge in [-0.2, -0.15) is 0 Å². The van der Waals surface area contributed by atoms with E-state index in [9.17, 15) is 23.1 Å². The van der Waals surface area contributed by atoms with Gasteiger partial charge >= 0.3 is 6.09 Å². The number of sulfone groups is 1. The average molecular weight is 544 g/mol. The lowest BCUT2D eigenvalue weighted by molar-refractivity contribution is -0.135. The fourth-order valence-corrected chi connectivity index (χ4v) is 4.87. The summed E-state index contributed by atoms with van der Waals surface area (Å²) >= 11 is 0. The number of amides is 2. The van der Waals surface area contributed by atoms with Crippen LogP contribution >= 0.6 is 0 Å². The lowest BCUT2D eigenvalue weighted by Crippen LogP contribution is -2.45. The molecule has 37 heavy (non-hydrogen) atoms. The maximum atomic E-state index is 15.0. The molecule has 2 aromatic rings. The zero-order valence-electron chi connectivity index (χ0n) is 19.2. The van der Waals surface area contributed by atoms with Crippen molar-refractivity contribution in [2.75, 3.05) is 43.5 Å². The summed E-state index contributed by atoms with van der Waals surface area (Å²) in [7, 11) is -4.26. The van der Waals surface area contributed by atoms with Gasteiger partial charge in [-0.1, -0.05) is 6.08 Å². The molecule has 3 heterocycles. The van der Waals surface area contributed by atoms with Gasteiger partial charge in [0.15, 0.2) is 15.9 Å². The Morgan fingerprint density at radius 1 is 1.30 bits per heavy atom. The van der Waals surface area contributed by atoms with Gasteiger partial charge in [0, 0.05) is 24.7 Å². The van der Waals surface area contributed by atoms with Gasteiger partial charge in [0.05, 0.1) is 24.6 Å². The third-order valence-corrected chi connectivity index (χ3v) is 7.45. The second kappa shape index (κ2) is 10.8. The number of cyclic esters (lactones) is 1. The predicted molar refractivity (Wildman–Crippen MR) is 122 cm³/mol. The quantitative estimate of drug-likeness (QED) is 0.461. The van der Waals surface area contributed by atoms with Crippen LogP contribution in [0.2, 0.25) is 0 Å². The van der Waals surface area contributed by atoms with Crippen molar-refractivity contribution in [3.63, 3.8) is 0 Å². The molecule has 0 saturated carbocycles. The largest absolute Gasteiger partial charge is 0.471 e. The van der Waals surface area contributed by atoms with E-state index in [1.165, 1.54) is 18.4 Å².